The fourth-order valence-corrected chi connectivity index (χ4v) is 2.89. The fourth-order valence-electron chi connectivity index (χ4n) is 2.89. The number of amides is 2. The Hall–Kier alpha value is -1.10. The molecule has 2 fully saturated rings. The van der Waals surface area contributed by atoms with Gasteiger partial charge in [-0.05, 0) is 38.5 Å². The van der Waals surface area contributed by atoms with E-state index in [1.165, 1.54) is 0 Å². The lowest BCUT2D eigenvalue weighted by Gasteiger charge is -2.37. The highest BCUT2D eigenvalue weighted by Crippen LogP contribution is 2.39. The summed E-state index contributed by atoms with van der Waals surface area (Å²) in [6.07, 6.45) is 3.63. The number of piperidine rings is 1. The van der Waals surface area contributed by atoms with E-state index in [4.69, 9.17) is 5.73 Å². The van der Waals surface area contributed by atoms with E-state index in [1.807, 2.05) is 11.8 Å². The smallest absolute Gasteiger partial charge is 0.242 e. The van der Waals surface area contributed by atoms with Crippen molar-refractivity contribution < 1.29 is 9.59 Å². The van der Waals surface area contributed by atoms with Crippen LogP contribution in [-0.2, 0) is 9.59 Å². The summed E-state index contributed by atoms with van der Waals surface area (Å²) in [4.78, 5) is 27.8. The molecule has 1 saturated carbocycles. The van der Waals surface area contributed by atoms with Gasteiger partial charge in [-0.15, -0.1) is 0 Å². The van der Waals surface area contributed by atoms with E-state index in [0.717, 1.165) is 25.7 Å². The summed E-state index contributed by atoms with van der Waals surface area (Å²) in [7, 11) is 3.56. The van der Waals surface area contributed by atoms with Gasteiger partial charge in [0, 0.05) is 33.1 Å². The Kier molecular flexibility index (Phi) is 3.85. The first kappa shape index (κ1) is 14.3. The summed E-state index contributed by atoms with van der Waals surface area (Å²) in [5.41, 5.74) is 5.46. The van der Waals surface area contributed by atoms with Crippen molar-refractivity contribution in [1.29, 1.82) is 0 Å². The lowest BCUT2D eigenvalue weighted by Crippen LogP contribution is -2.56. The van der Waals surface area contributed by atoms with E-state index in [0.29, 0.717) is 19.0 Å². The standard InChI is InChI=1S/C14H25N3O2/c1-14(15,11-4-5-11)13(19)17-8-6-10(7-9-17)12(18)16(2)3/h10-11H,4-9,15H2,1-3H3. The quantitative estimate of drug-likeness (QED) is 0.807. The Labute approximate surface area is 115 Å². The lowest BCUT2D eigenvalue weighted by atomic mass is 9.91. The van der Waals surface area contributed by atoms with Crippen LogP contribution in [-0.4, -0.2) is 54.3 Å². The molecule has 1 unspecified atom stereocenters. The third kappa shape index (κ3) is 2.91. The second-order valence-electron chi connectivity index (χ2n) is 6.36. The summed E-state index contributed by atoms with van der Waals surface area (Å²) in [5.74, 6) is 0.640. The number of rotatable bonds is 3. The van der Waals surface area contributed by atoms with Crippen LogP contribution in [0.1, 0.15) is 32.6 Å². The molecule has 2 amide bonds. The first-order valence-corrected chi connectivity index (χ1v) is 7.13. The normalized spacial score (nSPS) is 23.9. The molecule has 0 aromatic heterocycles. The van der Waals surface area contributed by atoms with E-state index < -0.39 is 5.54 Å². The van der Waals surface area contributed by atoms with Gasteiger partial charge in [-0.1, -0.05) is 0 Å². The van der Waals surface area contributed by atoms with Crippen LogP contribution in [0.5, 0.6) is 0 Å². The molecule has 0 bridgehead atoms. The van der Waals surface area contributed by atoms with Crippen molar-refractivity contribution in [3.8, 4) is 0 Å². The molecule has 0 aromatic carbocycles. The molecule has 1 aliphatic heterocycles. The predicted octanol–water partition coefficient (Wildman–Crippen LogP) is 0.441. The summed E-state index contributed by atoms with van der Waals surface area (Å²) in [6.45, 7) is 3.16. The van der Waals surface area contributed by atoms with Crippen molar-refractivity contribution in [3.05, 3.63) is 0 Å². The largest absolute Gasteiger partial charge is 0.349 e. The van der Waals surface area contributed by atoms with Crippen LogP contribution in [0.2, 0.25) is 0 Å². The lowest BCUT2D eigenvalue weighted by molar-refractivity contribution is -0.142. The maximum atomic E-state index is 12.4. The minimum atomic E-state index is -0.710. The number of carbonyl (C=O) groups is 2. The zero-order chi connectivity index (χ0) is 14.2. The molecular formula is C14H25N3O2. The Morgan fingerprint density at radius 2 is 1.68 bits per heavy atom. The van der Waals surface area contributed by atoms with Crippen molar-refractivity contribution in [2.75, 3.05) is 27.2 Å². The van der Waals surface area contributed by atoms with Crippen LogP contribution in [0.3, 0.4) is 0 Å². The zero-order valence-corrected chi connectivity index (χ0v) is 12.2. The molecule has 1 aliphatic carbocycles. The average Bonchev–Trinajstić information content (AvgIpc) is 3.21. The minimum absolute atomic E-state index is 0.0593. The van der Waals surface area contributed by atoms with Gasteiger partial charge in [0.2, 0.25) is 11.8 Å². The molecule has 0 aromatic rings. The van der Waals surface area contributed by atoms with Crippen molar-refractivity contribution in [2.24, 2.45) is 17.6 Å². The van der Waals surface area contributed by atoms with Gasteiger partial charge < -0.3 is 15.5 Å². The summed E-state index contributed by atoms with van der Waals surface area (Å²) in [5, 5.41) is 0. The molecule has 2 aliphatic rings. The van der Waals surface area contributed by atoms with E-state index in [2.05, 4.69) is 0 Å². The van der Waals surface area contributed by atoms with E-state index >= 15 is 0 Å². The van der Waals surface area contributed by atoms with Gasteiger partial charge in [0.25, 0.3) is 0 Å². The Morgan fingerprint density at radius 3 is 2.11 bits per heavy atom. The van der Waals surface area contributed by atoms with Crippen molar-refractivity contribution in [1.82, 2.24) is 9.80 Å². The zero-order valence-electron chi connectivity index (χ0n) is 12.2. The minimum Gasteiger partial charge on any atom is -0.349 e. The van der Waals surface area contributed by atoms with Crippen LogP contribution in [0.4, 0.5) is 0 Å². The number of hydrogen-bond acceptors (Lipinski definition) is 3. The van der Waals surface area contributed by atoms with Crippen LogP contribution >= 0.6 is 0 Å². The highest BCUT2D eigenvalue weighted by molar-refractivity contribution is 5.87. The van der Waals surface area contributed by atoms with Crippen LogP contribution < -0.4 is 5.73 Å². The molecule has 0 radical (unpaired) electrons. The Morgan fingerprint density at radius 1 is 1.16 bits per heavy atom. The molecular weight excluding hydrogens is 242 g/mol. The van der Waals surface area contributed by atoms with Gasteiger partial charge in [-0.25, -0.2) is 0 Å². The summed E-state index contributed by atoms with van der Waals surface area (Å²) >= 11 is 0. The molecule has 1 atom stereocenters. The number of nitrogens with zero attached hydrogens (tertiary/aromatic N) is 2. The first-order valence-electron chi connectivity index (χ1n) is 7.13. The number of hydrogen-bond donors (Lipinski definition) is 1. The molecule has 5 nitrogen and oxygen atoms in total. The molecule has 1 saturated heterocycles. The summed E-state index contributed by atoms with van der Waals surface area (Å²) in [6, 6.07) is 0. The van der Waals surface area contributed by atoms with Crippen molar-refractivity contribution in [2.45, 2.75) is 38.1 Å². The van der Waals surface area contributed by atoms with Gasteiger partial charge in [0.05, 0.1) is 5.54 Å². The highest BCUT2D eigenvalue weighted by atomic mass is 16.2. The van der Waals surface area contributed by atoms with E-state index in [1.54, 1.807) is 19.0 Å². The van der Waals surface area contributed by atoms with Gasteiger partial charge in [0.15, 0.2) is 0 Å². The fraction of sp³-hybridized carbons (Fsp3) is 0.857. The van der Waals surface area contributed by atoms with Gasteiger partial charge >= 0.3 is 0 Å². The maximum absolute atomic E-state index is 12.4. The Balaban J connectivity index is 1.89. The number of nitrogens with two attached hydrogens (primary N) is 1. The molecule has 5 heteroatoms. The third-order valence-electron chi connectivity index (χ3n) is 4.46. The molecule has 108 valence electrons. The first-order chi connectivity index (χ1) is 8.84. The van der Waals surface area contributed by atoms with Gasteiger partial charge in [0.1, 0.15) is 0 Å². The van der Waals surface area contributed by atoms with E-state index in [9.17, 15) is 9.59 Å². The SMILES string of the molecule is CN(C)C(=O)C1CCN(C(=O)C(C)(N)C2CC2)CC1. The predicted molar refractivity (Wildman–Crippen MR) is 73.3 cm³/mol. The van der Waals surface area contributed by atoms with Gasteiger partial charge in [-0.3, -0.25) is 9.59 Å². The molecule has 19 heavy (non-hydrogen) atoms. The molecule has 2 N–H and O–H groups in total. The molecule has 2 rings (SSSR count). The second kappa shape index (κ2) is 5.12. The Bertz CT molecular complexity index is 367. The van der Waals surface area contributed by atoms with Crippen LogP contribution in [0.15, 0.2) is 0 Å². The van der Waals surface area contributed by atoms with Gasteiger partial charge in [-0.2, -0.15) is 0 Å². The molecule has 1 heterocycles. The van der Waals surface area contributed by atoms with Crippen LogP contribution in [0.25, 0.3) is 0 Å². The topological polar surface area (TPSA) is 66.6 Å². The second-order valence-corrected chi connectivity index (χ2v) is 6.36. The number of carbonyl (C=O) groups excluding carboxylic acids is 2. The number of likely N-dealkylation sites (tertiary alicyclic amines) is 1. The van der Waals surface area contributed by atoms with Crippen LogP contribution in [0, 0.1) is 11.8 Å². The molecule has 0 spiro atoms. The monoisotopic (exact) mass is 267 g/mol. The van der Waals surface area contributed by atoms with Crippen molar-refractivity contribution >= 4 is 11.8 Å². The maximum Gasteiger partial charge on any atom is 0.242 e. The third-order valence-corrected chi connectivity index (χ3v) is 4.46. The van der Waals surface area contributed by atoms with Crippen molar-refractivity contribution in [3.63, 3.8) is 0 Å². The average molecular weight is 267 g/mol. The summed E-state index contributed by atoms with van der Waals surface area (Å²) < 4.78 is 0. The highest BCUT2D eigenvalue weighted by Gasteiger charge is 2.46. The van der Waals surface area contributed by atoms with E-state index in [-0.39, 0.29) is 17.7 Å².